The third-order valence-electron chi connectivity index (χ3n) is 3.96. The monoisotopic (exact) mass is 429 g/mol. The summed E-state index contributed by atoms with van der Waals surface area (Å²) in [7, 11) is -1.36. The van der Waals surface area contributed by atoms with E-state index in [1.807, 2.05) is 0 Å². The van der Waals surface area contributed by atoms with E-state index in [9.17, 15) is 27.9 Å². The Balaban J connectivity index is 2.44. The summed E-state index contributed by atoms with van der Waals surface area (Å²) in [5, 5.41) is 9.34. The van der Waals surface area contributed by atoms with Gasteiger partial charge in [0.1, 0.15) is 12.5 Å². The van der Waals surface area contributed by atoms with Gasteiger partial charge in [-0.2, -0.15) is 0 Å². The van der Waals surface area contributed by atoms with E-state index in [2.05, 4.69) is 24.4 Å². The summed E-state index contributed by atoms with van der Waals surface area (Å²) in [6, 6.07) is 6.95. The summed E-state index contributed by atoms with van der Waals surface area (Å²) < 4.78 is 48.7. The van der Waals surface area contributed by atoms with Crippen LogP contribution in [0.2, 0.25) is 25.7 Å². The molecule has 10 heteroatoms. The third kappa shape index (κ3) is 6.75. The van der Waals surface area contributed by atoms with Gasteiger partial charge in [0.2, 0.25) is 0 Å². The van der Waals surface area contributed by atoms with Crippen molar-refractivity contribution in [3.63, 3.8) is 0 Å². The minimum atomic E-state index is -4.96. The molecule has 1 aromatic heterocycles. The zero-order valence-electron chi connectivity index (χ0n) is 16.2. The van der Waals surface area contributed by atoms with Gasteiger partial charge in [-0.25, -0.2) is 4.79 Å². The largest absolute Gasteiger partial charge is 0.573 e. The highest BCUT2D eigenvalue weighted by Crippen LogP contribution is 2.32. The fourth-order valence-corrected chi connectivity index (χ4v) is 3.24. The molecular weight excluding hydrogens is 407 g/mol. The first-order chi connectivity index (χ1) is 13.4. The molecule has 0 spiro atoms. The van der Waals surface area contributed by atoms with E-state index in [0.717, 1.165) is 28.9 Å². The molecule has 1 aromatic carbocycles. The van der Waals surface area contributed by atoms with Gasteiger partial charge < -0.3 is 14.6 Å². The molecule has 0 saturated heterocycles. The molecule has 0 aliphatic heterocycles. The Morgan fingerprint density at radius 3 is 2.41 bits per heavy atom. The van der Waals surface area contributed by atoms with Crippen molar-refractivity contribution in [3.8, 4) is 16.9 Å². The molecular formula is C19H22F3NO5Si. The molecule has 158 valence electrons. The molecule has 0 unspecified atom stereocenters. The van der Waals surface area contributed by atoms with Gasteiger partial charge in [-0.3, -0.25) is 9.36 Å². The first kappa shape index (κ1) is 22.7. The Morgan fingerprint density at radius 1 is 1.17 bits per heavy atom. The second-order valence-electron chi connectivity index (χ2n) is 7.61. The van der Waals surface area contributed by atoms with E-state index in [-0.39, 0.29) is 23.4 Å². The normalized spacial score (nSPS) is 12.1. The van der Waals surface area contributed by atoms with Crippen molar-refractivity contribution in [1.29, 1.82) is 0 Å². The zero-order chi connectivity index (χ0) is 21.8. The number of carboxylic acid groups (broad SMARTS) is 1. The van der Waals surface area contributed by atoms with Crippen LogP contribution < -0.4 is 10.3 Å². The first-order valence-corrected chi connectivity index (χ1v) is 12.5. The number of carbonyl (C=O) groups is 1. The van der Waals surface area contributed by atoms with Crippen LogP contribution in [-0.2, 0) is 11.5 Å². The van der Waals surface area contributed by atoms with Gasteiger partial charge in [-0.05, 0) is 18.2 Å². The van der Waals surface area contributed by atoms with E-state index in [1.165, 1.54) is 18.2 Å². The fraction of sp³-hybridized carbons (Fsp3) is 0.368. The van der Waals surface area contributed by atoms with Crippen LogP contribution in [-0.4, -0.2) is 36.7 Å². The molecule has 0 fully saturated rings. The number of ether oxygens (including phenoxy) is 2. The number of aromatic carboxylic acids is 1. The van der Waals surface area contributed by atoms with E-state index in [0.29, 0.717) is 6.61 Å². The van der Waals surface area contributed by atoms with E-state index in [4.69, 9.17) is 4.74 Å². The lowest BCUT2D eigenvalue weighted by atomic mass is 10.0. The van der Waals surface area contributed by atoms with Crippen LogP contribution in [0.1, 0.15) is 10.4 Å². The number of para-hydroxylation sites is 1. The number of carboxylic acids is 1. The number of nitrogens with zero attached hydrogens (tertiary/aromatic N) is 1. The summed E-state index contributed by atoms with van der Waals surface area (Å²) >= 11 is 0. The smallest absolute Gasteiger partial charge is 0.478 e. The van der Waals surface area contributed by atoms with E-state index in [1.54, 1.807) is 0 Å². The number of benzene rings is 1. The molecule has 1 heterocycles. The standard InChI is InChI=1S/C19H22F3NO5Si/c1-29(2,3)9-8-27-12-23-11-13(18(25)26)10-15(17(23)24)14-6-4-5-7-16(14)28-19(20,21)22/h4-7,10-11H,8-9,12H2,1-3H3,(H,25,26). The third-order valence-corrected chi connectivity index (χ3v) is 5.67. The molecule has 29 heavy (non-hydrogen) atoms. The van der Waals surface area contributed by atoms with Gasteiger partial charge in [0.05, 0.1) is 11.1 Å². The molecule has 0 saturated carbocycles. The molecule has 2 aromatic rings. The number of pyridine rings is 1. The average molecular weight is 429 g/mol. The lowest BCUT2D eigenvalue weighted by Crippen LogP contribution is -2.26. The number of aromatic nitrogens is 1. The average Bonchev–Trinajstić information content (AvgIpc) is 2.58. The topological polar surface area (TPSA) is 77.8 Å². The zero-order valence-corrected chi connectivity index (χ0v) is 17.2. The minimum Gasteiger partial charge on any atom is -0.478 e. The van der Waals surface area contributed by atoms with Gasteiger partial charge in [0.15, 0.2) is 0 Å². The second-order valence-corrected chi connectivity index (χ2v) is 13.2. The highest BCUT2D eigenvalue weighted by molar-refractivity contribution is 6.76. The van der Waals surface area contributed by atoms with Crippen LogP contribution >= 0.6 is 0 Å². The molecule has 6 nitrogen and oxygen atoms in total. The molecule has 2 rings (SSSR count). The Bertz CT molecular complexity index is 935. The van der Waals surface area contributed by atoms with Crippen LogP contribution in [0.15, 0.2) is 41.3 Å². The fourth-order valence-electron chi connectivity index (χ4n) is 2.49. The summed E-state index contributed by atoms with van der Waals surface area (Å²) in [5.74, 6) is -1.91. The predicted octanol–water partition coefficient (Wildman–Crippen LogP) is 4.42. The number of halogens is 3. The van der Waals surface area contributed by atoms with Crippen LogP contribution in [0.3, 0.4) is 0 Å². The van der Waals surface area contributed by atoms with Crippen LogP contribution in [0, 0.1) is 0 Å². The Kier molecular flexibility index (Phi) is 6.91. The van der Waals surface area contributed by atoms with Crippen molar-refractivity contribution in [1.82, 2.24) is 4.57 Å². The summed E-state index contributed by atoms with van der Waals surface area (Å²) in [5.41, 5.74) is -1.32. The van der Waals surface area contributed by atoms with Crippen LogP contribution in [0.5, 0.6) is 5.75 Å². The highest BCUT2D eigenvalue weighted by atomic mass is 28.3. The molecule has 0 radical (unpaired) electrons. The number of rotatable bonds is 8. The van der Waals surface area contributed by atoms with E-state index < -0.39 is 31.7 Å². The number of hydrogen-bond acceptors (Lipinski definition) is 4. The van der Waals surface area contributed by atoms with Gasteiger partial charge in [0.25, 0.3) is 5.56 Å². The lowest BCUT2D eigenvalue weighted by Gasteiger charge is -2.17. The second kappa shape index (κ2) is 8.83. The SMILES string of the molecule is C[Si](C)(C)CCOCn1cc(C(=O)O)cc(-c2ccccc2OC(F)(F)F)c1=O. The number of hydrogen-bond donors (Lipinski definition) is 1. The molecule has 0 aliphatic carbocycles. The molecule has 0 aliphatic rings. The van der Waals surface area contributed by atoms with Crippen molar-refractivity contribution >= 4 is 14.0 Å². The van der Waals surface area contributed by atoms with Crippen molar-refractivity contribution in [3.05, 3.63) is 52.4 Å². The van der Waals surface area contributed by atoms with Gasteiger partial charge in [0, 0.05) is 26.4 Å². The van der Waals surface area contributed by atoms with E-state index >= 15 is 0 Å². The highest BCUT2D eigenvalue weighted by Gasteiger charge is 2.32. The lowest BCUT2D eigenvalue weighted by molar-refractivity contribution is -0.274. The van der Waals surface area contributed by atoms with Crippen molar-refractivity contribution in [2.45, 2.75) is 38.8 Å². The van der Waals surface area contributed by atoms with Crippen LogP contribution in [0.25, 0.3) is 11.1 Å². The predicted molar refractivity (Wildman–Crippen MR) is 104 cm³/mol. The molecule has 0 amide bonds. The molecule has 0 bridgehead atoms. The van der Waals surface area contributed by atoms with Gasteiger partial charge in [-0.15, -0.1) is 13.2 Å². The quantitative estimate of drug-likeness (QED) is 0.496. The summed E-state index contributed by atoms with van der Waals surface area (Å²) in [6.45, 7) is 6.65. The van der Waals surface area contributed by atoms with Crippen molar-refractivity contribution in [2.24, 2.45) is 0 Å². The summed E-state index contributed by atoms with van der Waals surface area (Å²) in [6.07, 6.45) is -3.85. The van der Waals surface area contributed by atoms with Gasteiger partial charge in [-0.1, -0.05) is 37.8 Å². The maximum Gasteiger partial charge on any atom is 0.573 e. The summed E-state index contributed by atoms with van der Waals surface area (Å²) in [4.78, 5) is 24.3. The maximum absolute atomic E-state index is 12.8. The Morgan fingerprint density at radius 2 is 1.83 bits per heavy atom. The minimum absolute atomic E-state index is 0.159. The van der Waals surface area contributed by atoms with Crippen molar-refractivity contribution < 1.29 is 32.5 Å². The number of alkyl halides is 3. The van der Waals surface area contributed by atoms with Crippen LogP contribution in [0.4, 0.5) is 13.2 Å². The van der Waals surface area contributed by atoms with Gasteiger partial charge >= 0.3 is 12.3 Å². The molecule has 0 atom stereocenters. The Labute approximate surface area is 166 Å². The van der Waals surface area contributed by atoms with Crippen molar-refractivity contribution in [2.75, 3.05) is 6.61 Å². The molecule has 1 N–H and O–H groups in total. The first-order valence-electron chi connectivity index (χ1n) is 8.78. The Hall–Kier alpha value is -2.59. The maximum atomic E-state index is 12.8.